The Bertz CT molecular complexity index is 587. The van der Waals surface area contributed by atoms with Gasteiger partial charge in [0.25, 0.3) is 0 Å². The number of carbonyl (C=O) groups is 1. The molecule has 1 heterocycles. The van der Waals surface area contributed by atoms with Crippen molar-refractivity contribution in [2.45, 2.75) is 6.18 Å². The Morgan fingerprint density at radius 1 is 1.22 bits per heavy atom. The summed E-state index contributed by atoms with van der Waals surface area (Å²) in [6, 6.07) is 6.42. The minimum atomic E-state index is -4.45. The number of H-pyrrole nitrogens is 1. The van der Waals surface area contributed by atoms with E-state index in [9.17, 15) is 18.0 Å². The highest BCUT2D eigenvalue weighted by Gasteiger charge is 2.33. The number of rotatable bonds is 2. The highest BCUT2D eigenvalue weighted by Crippen LogP contribution is 2.36. The number of hydrogen-bond donors (Lipinski definition) is 2. The molecule has 6 heteroatoms. The number of halogens is 3. The minimum absolute atomic E-state index is 0.0162. The van der Waals surface area contributed by atoms with Crippen LogP contribution in [0.5, 0.6) is 0 Å². The number of alkyl halides is 3. The Hall–Kier alpha value is -2.24. The van der Waals surface area contributed by atoms with Crippen molar-refractivity contribution in [2.75, 3.05) is 0 Å². The van der Waals surface area contributed by atoms with E-state index in [4.69, 9.17) is 5.73 Å². The normalized spacial score (nSPS) is 11.5. The predicted molar refractivity (Wildman–Crippen MR) is 59.7 cm³/mol. The molecule has 2 aromatic rings. The van der Waals surface area contributed by atoms with Crippen molar-refractivity contribution in [3.63, 3.8) is 0 Å². The summed E-state index contributed by atoms with van der Waals surface area (Å²) in [7, 11) is 0. The highest BCUT2D eigenvalue weighted by molar-refractivity contribution is 5.94. The number of aromatic amines is 1. The van der Waals surface area contributed by atoms with Gasteiger partial charge < -0.3 is 10.7 Å². The molecule has 3 N–H and O–H groups in total. The third-order valence-electron chi connectivity index (χ3n) is 2.49. The Balaban J connectivity index is 2.53. The van der Waals surface area contributed by atoms with Crippen LogP contribution in [0.4, 0.5) is 13.2 Å². The number of nitrogens with two attached hydrogens (primary N) is 1. The average molecular weight is 254 g/mol. The molecule has 1 aromatic carbocycles. The van der Waals surface area contributed by atoms with E-state index in [-0.39, 0.29) is 16.8 Å². The molecule has 1 aromatic heterocycles. The van der Waals surface area contributed by atoms with E-state index in [0.717, 1.165) is 6.07 Å². The molecule has 0 aliphatic heterocycles. The number of nitrogens with one attached hydrogen (secondary N) is 1. The Morgan fingerprint density at radius 2 is 1.89 bits per heavy atom. The quantitative estimate of drug-likeness (QED) is 0.850. The van der Waals surface area contributed by atoms with Crippen molar-refractivity contribution in [3.05, 3.63) is 47.7 Å². The van der Waals surface area contributed by atoms with E-state index in [1.807, 2.05) is 0 Å². The molecule has 1 amide bonds. The van der Waals surface area contributed by atoms with Crippen molar-refractivity contribution < 1.29 is 18.0 Å². The van der Waals surface area contributed by atoms with Crippen LogP contribution >= 0.6 is 0 Å². The van der Waals surface area contributed by atoms with Crippen molar-refractivity contribution >= 4 is 5.91 Å². The lowest BCUT2D eigenvalue weighted by molar-refractivity contribution is -0.137. The molecule has 0 saturated heterocycles. The van der Waals surface area contributed by atoms with Crippen molar-refractivity contribution in [1.29, 1.82) is 0 Å². The molecule has 2 rings (SSSR count). The third kappa shape index (κ3) is 2.22. The smallest absolute Gasteiger partial charge is 0.366 e. The summed E-state index contributed by atoms with van der Waals surface area (Å²) < 4.78 is 38.4. The fourth-order valence-corrected chi connectivity index (χ4v) is 1.66. The lowest BCUT2D eigenvalue weighted by atomic mass is 10.0. The number of benzene rings is 1. The fraction of sp³-hybridized carbons (Fsp3) is 0.0833. The molecular weight excluding hydrogens is 245 g/mol. The van der Waals surface area contributed by atoms with Gasteiger partial charge in [0.15, 0.2) is 0 Å². The Labute approximate surface area is 100 Å². The summed E-state index contributed by atoms with van der Waals surface area (Å²) in [6.07, 6.45) is -3.17. The second-order valence-corrected chi connectivity index (χ2v) is 3.71. The van der Waals surface area contributed by atoms with Crippen LogP contribution < -0.4 is 5.73 Å². The first-order chi connectivity index (χ1) is 8.39. The van der Waals surface area contributed by atoms with Gasteiger partial charge in [-0.25, -0.2) is 0 Å². The van der Waals surface area contributed by atoms with Crippen LogP contribution in [0.15, 0.2) is 36.5 Å². The second kappa shape index (κ2) is 4.21. The van der Waals surface area contributed by atoms with Gasteiger partial charge in [0.05, 0.1) is 11.1 Å². The number of aromatic nitrogens is 1. The van der Waals surface area contributed by atoms with Gasteiger partial charge in [0.1, 0.15) is 0 Å². The van der Waals surface area contributed by atoms with Gasteiger partial charge in [0.2, 0.25) is 5.91 Å². The van der Waals surface area contributed by atoms with E-state index < -0.39 is 17.6 Å². The topological polar surface area (TPSA) is 58.9 Å². The van der Waals surface area contributed by atoms with Crippen molar-refractivity contribution in [1.82, 2.24) is 4.98 Å². The highest BCUT2D eigenvalue weighted by atomic mass is 19.4. The lowest BCUT2D eigenvalue weighted by Crippen LogP contribution is -2.09. The van der Waals surface area contributed by atoms with Crippen molar-refractivity contribution in [2.24, 2.45) is 5.73 Å². The summed E-state index contributed by atoms with van der Waals surface area (Å²) in [5, 5.41) is 0. The molecule has 0 aliphatic carbocycles. The first kappa shape index (κ1) is 12.2. The molecule has 0 atom stereocenters. The van der Waals surface area contributed by atoms with E-state index in [1.165, 1.54) is 30.5 Å². The maximum absolute atomic E-state index is 12.8. The number of amides is 1. The molecule has 0 radical (unpaired) electrons. The molecule has 94 valence electrons. The maximum atomic E-state index is 12.8. The zero-order chi connectivity index (χ0) is 13.3. The summed E-state index contributed by atoms with van der Waals surface area (Å²) in [5.41, 5.74) is 4.62. The summed E-state index contributed by atoms with van der Waals surface area (Å²) in [4.78, 5) is 13.5. The summed E-state index contributed by atoms with van der Waals surface area (Å²) >= 11 is 0. The van der Waals surface area contributed by atoms with Crippen LogP contribution in [0.25, 0.3) is 11.3 Å². The summed E-state index contributed by atoms with van der Waals surface area (Å²) in [5.74, 6) is -0.693. The first-order valence-corrected chi connectivity index (χ1v) is 5.04. The lowest BCUT2D eigenvalue weighted by Gasteiger charge is -2.11. The maximum Gasteiger partial charge on any atom is 0.417 e. The van der Waals surface area contributed by atoms with Gasteiger partial charge in [-0.2, -0.15) is 13.2 Å². The van der Waals surface area contributed by atoms with E-state index in [0.29, 0.717) is 0 Å². The molecule has 0 bridgehead atoms. The van der Waals surface area contributed by atoms with Crippen LogP contribution in [0.1, 0.15) is 15.9 Å². The largest absolute Gasteiger partial charge is 0.417 e. The van der Waals surface area contributed by atoms with Crippen LogP contribution in [-0.4, -0.2) is 10.9 Å². The van der Waals surface area contributed by atoms with Gasteiger partial charge >= 0.3 is 6.18 Å². The van der Waals surface area contributed by atoms with Gasteiger partial charge in [-0.3, -0.25) is 4.79 Å². The van der Waals surface area contributed by atoms with Crippen LogP contribution in [-0.2, 0) is 6.18 Å². The van der Waals surface area contributed by atoms with Crippen LogP contribution in [0, 0.1) is 0 Å². The SMILES string of the molecule is NC(=O)c1c[nH]c(-c2ccccc2C(F)(F)F)c1. The molecular formula is C12H9F3N2O. The minimum Gasteiger partial charge on any atom is -0.366 e. The van der Waals surface area contributed by atoms with E-state index in [1.54, 1.807) is 0 Å². The van der Waals surface area contributed by atoms with Gasteiger partial charge in [0, 0.05) is 17.5 Å². The molecule has 0 spiro atoms. The van der Waals surface area contributed by atoms with E-state index >= 15 is 0 Å². The molecule has 3 nitrogen and oxygen atoms in total. The van der Waals surface area contributed by atoms with Gasteiger partial charge in [-0.05, 0) is 12.1 Å². The number of primary amides is 1. The van der Waals surface area contributed by atoms with Gasteiger partial charge in [-0.15, -0.1) is 0 Å². The zero-order valence-corrected chi connectivity index (χ0v) is 9.08. The number of carbonyl (C=O) groups excluding carboxylic acids is 1. The van der Waals surface area contributed by atoms with E-state index in [2.05, 4.69) is 4.98 Å². The van der Waals surface area contributed by atoms with Crippen LogP contribution in [0.3, 0.4) is 0 Å². The monoisotopic (exact) mass is 254 g/mol. The number of hydrogen-bond acceptors (Lipinski definition) is 1. The molecule has 0 saturated carbocycles. The van der Waals surface area contributed by atoms with Gasteiger partial charge in [-0.1, -0.05) is 18.2 Å². The molecule has 0 unspecified atom stereocenters. The summed E-state index contributed by atoms with van der Waals surface area (Å²) in [6.45, 7) is 0. The fourth-order valence-electron chi connectivity index (χ4n) is 1.66. The van der Waals surface area contributed by atoms with Crippen LogP contribution in [0.2, 0.25) is 0 Å². The third-order valence-corrected chi connectivity index (χ3v) is 2.49. The predicted octanol–water partition coefficient (Wildman–Crippen LogP) is 2.80. The zero-order valence-electron chi connectivity index (χ0n) is 9.08. The van der Waals surface area contributed by atoms with Crippen molar-refractivity contribution in [3.8, 4) is 11.3 Å². The Kier molecular flexibility index (Phi) is 2.86. The molecule has 18 heavy (non-hydrogen) atoms. The standard InChI is InChI=1S/C12H9F3N2O/c13-12(14,15)9-4-2-1-3-8(9)10-5-7(6-17-10)11(16)18/h1-6,17H,(H2,16,18). The molecule has 0 aliphatic rings. The first-order valence-electron chi connectivity index (χ1n) is 5.04. The molecule has 0 fully saturated rings. The average Bonchev–Trinajstić information content (AvgIpc) is 2.77. The Morgan fingerprint density at radius 3 is 2.44 bits per heavy atom. The second-order valence-electron chi connectivity index (χ2n) is 3.71.